The molecule has 1 aromatic carbocycles. The summed E-state index contributed by atoms with van der Waals surface area (Å²) in [5.41, 5.74) is 1.38. The lowest BCUT2D eigenvalue weighted by molar-refractivity contribution is 0.204. The molecule has 2 rings (SSSR count). The number of rotatable bonds is 9. The van der Waals surface area contributed by atoms with Gasteiger partial charge in [0.2, 0.25) is 11.0 Å². The summed E-state index contributed by atoms with van der Waals surface area (Å²) < 4.78 is 6.84. The first-order chi connectivity index (χ1) is 12.6. The van der Waals surface area contributed by atoms with Crippen LogP contribution in [0.25, 0.3) is 10.9 Å². The number of hydrogen-bond donors (Lipinski definition) is 2. The van der Waals surface area contributed by atoms with Crippen LogP contribution in [-0.4, -0.2) is 59.6 Å². The fraction of sp³-hybridized carbons (Fsp3) is 0.500. The van der Waals surface area contributed by atoms with E-state index in [0.29, 0.717) is 25.4 Å². The van der Waals surface area contributed by atoms with E-state index in [1.54, 1.807) is 7.11 Å². The Morgan fingerprint density at radius 2 is 2.04 bits per heavy atom. The molecule has 0 spiro atoms. The molecule has 0 saturated carbocycles. The predicted octanol–water partition coefficient (Wildman–Crippen LogP) is 3.29. The van der Waals surface area contributed by atoms with E-state index in [1.165, 1.54) is 0 Å². The standard InChI is InChI=1S/C18H27N5O2S/c1-4-22(5-2)11-12-23-15-9-7-6-8-14(15)16(17(23)24)20-21-18(26)19-10-13-25-3/h6-9,24H,4-5,10-13H2,1-3H3,(H,19,26). The highest BCUT2D eigenvalue weighted by molar-refractivity contribution is 7.80. The summed E-state index contributed by atoms with van der Waals surface area (Å²) in [5, 5.41) is 23.0. The molecule has 0 aliphatic carbocycles. The molecule has 0 radical (unpaired) electrons. The lowest BCUT2D eigenvalue weighted by Crippen LogP contribution is -2.26. The zero-order chi connectivity index (χ0) is 18.9. The van der Waals surface area contributed by atoms with E-state index in [4.69, 9.17) is 17.0 Å². The highest BCUT2D eigenvalue weighted by Crippen LogP contribution is 2.38. The number of benzene rings is 1. The summed E-state index contributed by atoms with van der Waals surface area (Å²) in [5.74, 6) is 0.113. The molecule has 1 heterocycles. The number of likely N-dealkylation sites (N-methyl/N-ethyl adjacent to an activating group) is 1. The number of para-hydroxylation sites is 1. The molecule has 0 aliphatic rings. The molecule has 2 aromatic rings. The Kier molecular flexibility index (Phi) is 7.96. The minimum absolute atomic E-state index is 0.113. The average molecular weight is 378 g/mol. The third kappa shape index (κ3) is 5.00. The summed E-state index contributed by atoms with van der Waals surface area (Å²) in [6, 6.07) is 7.78. The highest BCUT2D eigenvalue weighted by atomic mass is 32.1. The van der Waals surface area contributed by atoms with E-state index in [9.17, 15) is 5.11 Å². The van der Waals surface area contributed by atoms with Crippen molar-refractivity contribution >= 4 is 33.9 Å². The van der Waals surface area contributed by atoms with Crippen LogP contribution in [0, 0.1) is 0 Å². The van der Waals surface area contributed by atoms with Gasteiger partial charge in [-0.25, -0.2) is 0 Å². The highest BCUT2D eigenvalue weighted by Gasteiger charge is 2.16. The lowest BCUT2D eigenvalue weighted by Gasteiger charge is -2.18. The van der Waals surface area contributed by atoms with Crippen LogP contribution in [0.4, 0.5) is 5.69 Å². The largest absolute Gasteiger partial charge is 0.493 e. The average Bonchev–Trinajstić information content (AvgIpc) is 2.92. The van der Waals surface area contributed by atoms with Crippen molar-refractivity contribution in [2.45, 2.75) is 20.4 Å². The van der Waals surface area contributed by atoms with Crippen molar-refractivity contribution in [2.24, 2.45) is 10.2 Å². The van der Waals surface area contributed by atoms with Crippen molar-refractivity contribution in [1.29, 1.82) is 0 Å². The molecule has 0 amide bonds. The van der Waals surface area contributed by atoms with Gasteiger partial charge in [-0.3, -0.25) is 0 Å². The van der Waals surface area contributed by atoms with Gasteiger partial charge in [0.25, 0.3) is 0 Å². The Labute approximate surface area is 159 Å². The van der Waals surface area contributed by atoms with Gasteiger partial charge in [0.05, 0.1) is 12.1 Å². The topological polar surface area (TPSA) is 74.4 Å². The first-order valence-corrected chi connectivity index (χ1v) is 9.24. The second-order valence-electron chi connectivity index (χ2n) is 5.79. The molecule has 0 saturated heterocycles. The molecule has 0 unspecified atom stereocenters. The van der Waals surface area contributed by atoms with Crippen LogP contribution in [0.1, 0.15) is 13.8 Å². The molecule has 26 heavy (non-hydrogen) atoms. The maximum absolute atomic E-state index is 10.7. The number of thiocarbonyl (C=S) groups is 1. The van der Waals surface area contributed by atoms with Crippen LogP contribution in [-0.2, 0) is 11.3 Å². The van der Waals surface area contributed by atoms with Crippen molar-refractivity contribution in [3.63, 3.8) is 0 Å². The van der Waals surface area contributed by atoms with Gasteiger partial charge in [0, 0.05) is 32.1 Å². The Bertz CT molecular complexity index is 755. The van der Waals surface area contributed by atoms with Gasteiger partial charge in [-0.2, -0.15) is 0 Å². The molecule has 0 aliphatic heterocycles. The summed E-state index contributed by atoms with van der Waals surface area (Å²) in [6.07, 6.45) is 0. The Balaban J connectivity index is 2.24. The molecule has 0 fully saturated rings. The summed E-state index contributed by atoms with van der Waals surface area (Å²) in [4.78, 5) is 2.31. The summed E-state index contributed by atoms with van der Waals surface area (Å²) in [6.45, 7) is 8.85. The van der Waals surface area contributed by atoms with E-state index >= 15 is 0 Å². The Hall–Kier alpha value is -2.03. The second kappa shape index (κ2) is 10.2. The van der Waals surface area contributed by atoms with E-state index in [-0.39, 0.29) is 11.0 Å². The normalized spacial score (nSPS) is 11.7. The van der Waals surface area contributed by atoms with Crippen LogP contribution in [0.2, 0.25) is 0 Å². The van der Waals surface area contributed by atoms with E-state index in [0.717, 1.165) is 30.5 Å². The molecule has 7 nitrogen and oxygen atoms in total. The third-order valence-electron chi connectivity index (χ3n) is 4.27. The zero-order valence-corrected chi connectivity index (χ0v) is 16.4. The molecule has 1 aromatic heterocycles. The van der Waals surface area contributed by atoms with Crippen molar-refractivity contribution in [1.82, 2.24) is 14.8 Å². The number of aromatic nitrogens is 1. The van der Waals surface area contributed by atoms with Gasteiger partial charge < -0.3 is 24.6 Å². The molecular weight excluding hydrogens is 350 g/mol. The molecule has 0 atom stereocenters. The zero-order valence-electron chi connectivity index (χ0n) is 15.6. The lowest BCUT2D eigenvalue weighted by atomic mass is 10.2. The minimum Gasteiger partial charge on any atom is -0.493 e. The van der Waals surface area contributed by atoms with Crippen LogP contribution in [0.15, 0.2) is 34.5 Å². The van der Waals surface area contributed by atoms with Crippen LogP contribution < -0.4 is 5.32 Å². The minimum atomic E-state index is 0.113. The van der Waals surface area contributed by atoms with E-state index in [2.05, 4.69) is 34.3 Å². The number of azo groups is 1. The van der Waals surface area contributed by atoms with Gasteiger partial charge in [0.15, 0.2) is 5.69 Å². The number of methoxy groups -OCH3 is 1. The number of nitrogens with one attached hydrogen (secondary N) is 1. The number of nitrogens with zero attached hydrogens (tertiary/aromatic N) is 4. The smallest absolute Gasteiger partial charge is 0.220 e. The maximum Gasteiger partial charge on any atom is 0.220 e. The van der Waals surface area contributed by atoms with Crippen molar-refractivity contribution < 1.29 is 9.84 Å². The number of ether oxygens (including phenoxy) is 1. The SMILES string of the molecule is CCN(CC)CCn1c(O)c(N=NC(=S)NCCOC)c2ccccc21. The monoisotopic (exact) mass is 377 g/mol. The molecule has 142 valence electrons. The van der Waals surface area contributed by atoms with E-state index < -0.39 is 0 Å². The van der Waals surface area contributed by atoms with Crippen LogP contribution in [0.5, 0.6) is 5.88 Å². The van der Waals surface area contributed by atoms with Crippen molar-refractivity contribution in [3.8, 4) is 5.88 Å². The van der Waals surface area contributed by atoms with Crippen LogP contribution >= 0.6 is 12.2 Å². The number of fused-ring (bicyclic) bond motifs is 1. The molecule has 2 N–H and O–H groups in total. The van der Waals surface area contributed by atoms with E-state index in [1.807, 2.05) is 28.8 Å². The Morgan fingerprint density at radius 1 is 1.31 bits per heavy atom. The van der Waals surface area contributed by atoms with Gasteiger partial charge >= 0.3 is 0 Å². The quantitative estimate of drug-likeness (QED) is 0.398. The fourth-order valence-corrected chi connectivity index (χ4v) is 2.91. The summed E-state index contributed by atoms with van der Waals surface area (Å²) in [7, 11) is 1.62. The maximum atomic E-state index is 10.7. The first kappa shape index (κ1) is 20.3. The van der Waals surface area contributed by atoms with Crippen LogP contribution in [0.3, 0.4) is 0 Å². The number of hydrogen-bond acceptors (Lipinski definition) is 5. The van der Waals surface area contributed by atoms with Gasteiger partial charge in [-0.1, -0.05) is 32.0 Å². The fourth-order valence-electron chi connectivity index (χ4n) is 2.77. The Morgan fingerprint density at radius 3 is 2.73 bits per heavy atom. The van der Waals surface area contributed by atoms with Crippen molar-refractivity contribution in [3.05, 3.63) is 24.3 Å². The van der Waals surface area contributed by atoms with Crippen molar-refractivity contribution in [2.75, 3.05) is 39.9 Å². The molecule has 0 bridgehead atoms. The second-order valence-corrected chi connectivity index (χ2v) is 6.18. The third-order valence-corrected chi connectivity index (χ3v) is 4.50. The molecular formula is C18H27N5O2S. The molecule has 8 heteroatoms. The number of aromatic hydroxyl groups is 1. The first-order valence-electron chi connectivity index (χ1n) is 8.83. The predicted molar refractivity (Wildman–Crippen MR) is 108 cm³/mol. The van der Waals surface area contributed by atoms with Gasteiger partial charge in [0.1, 0.15) is 0 Å². The summed E-state index contributed by atoms with van der Waals surface area (Å²) >= 11 is 5.13. The van der Waals surface area contributed by atoms with Gasteiger partial charge in [-0.05, 0) is 31.4 Å². The van der Waals surface area contributed by atoms with Gasteiger partial charge in [-0.15, -0.1) is 10.2 Å².